The van der Waals surface area contributed by atoms with E-state index in [0.717, 1.165) is 51.4 Å². The van der Waals surface area contributed by atoms with Crippen molar-refractivity contribution in [2.24, 2.45) is 40.2 Å². The largest absolute Gasteiger partial charge is 0.330 e. The summed E-state index contributed by atoms with van der Waals surface area (Å²) in [7, 11) is 0. The van der Waals surface area contributed by atoms with E-state index in [2.05, 4.69) is 27.7 Å². The molecule has 0 amide bonds. The summed E-state index contributed by atoms with van der Waals surface area (Å²) in [6.45, 7) is 12.3. The van der Waals surface area contributed by atoms with E-state index in [-0.39, 0.29) is 0 Å². The van der Waals surface area contributed by atoms with Gasteiger partial charge in [-0.3, -0.25) is 0 Å². The predicted octanol–water partition coefficient (Wildman–Crippen LogP) is 2.84. The molecule has 136 valence electrons. The van der Waals surface area contributed by atoms with Gasteiger partial charge in [0, 0.05) is 0 Å². The van der Waals surface area contributed by atoms with Crippen molar-refractivity contribution in [2.75, 3.05) is 26.2 Å². The molecule has 8 N–H and O–H groups in total. The molecule has 0 fully saturated rings. The Labute approximate surface area is 139 Å². The maximum absolute atomic E-state index is 5.51. The normalized spacial score (nSPS) is 14.2. The Hall–Kier alpha value is -0.160. The highest BCUT2D eigenvalue weighted by Crippen LogP contribution is 2.27. The molecule has 0 aromatic heterocycles. The third-order valence-electron chi connectivity index (χ3n) is 4.33. The molecule has 0 aromatic rings. The van der Waals surface area contributed by atoms with Crippen LogP contribution in [0, 0.1) is 17.3 Å². The van der Waals surface area contributed by atoms with Crippen LogP contribution in [0.2, 0.25) is 0 Å². The zero-order valence-electron chi connectivity index (χ0n) is 15.7. The fourth-order valence-corrected chi connectivity index (χ4v) is 2.40. The molecule has 0 aliphatic carbocycles. The van der Waals surface area contributed by atoms with Gasteiger partial charge in [0.2, 0.25) is 0 Å². The monoisotopic (exact) mass is 316 g/mol. The smallest absolute Gasteiger partial charge is 0.00515 e. The van der Waals surface area contributed by atoms with Crippen molar-refractivity contribution in [2.45, 2.75) is 72.6 Å². The van der Waals surface area contributed by atoms with E-state index in [0.29, 0.717) is 11.3 Å². The Morgan fingerprint density at radius 2 is 1.14 bits per heavy atom. The van der Waals surface area contributed by atoms with Crippen LogP contribution in [-0.4, -0.2) is 26.2 Å². The summed E-state index contributed by atoms with van der Waals surface area (Å²) in [5, 5.41) is 0. The number of nitrogens with two attached hydrogens (primary N) is 4. The van der Waals surface area contributed by atoms with E-state index >= 15 is 0 Å². The average molecular weight is 317 g/mol. The standard InChI is InChI=1S/2C9H22N2/c1-9(2,5-3-7-10)6-4-8-11;1-8(5-6-10)3-4-9(2)7-11/h3-8,10-11H2,1-2H3;8-9H,3-7,10-11H2,1-2H3. The molecule has 0 rings (SSSR count). The molecule has 4 nitrogen and oxygen atoms in total. The fraction of sp³-hybridized carbons (Fsp3) is 1.00. The van der Waals surface area contributed by atoms with E-state index in [1.54, 1.807) is 0 Å². The van der Waals surface area contributed by atoms with Gasteiger partial charge in [-0.25, -0.2) is 0 Å². The first kappa shape index (κ1) is 24.1. The molecule has 0 heterocycles. The lowest BCUT2D eigenvalue weighted by Gasteiger charge is -2.23. The highest BCUT2D eigenvalue weighted by Gasteiger charge is 2.15. The molecule has 22 heavy (non-hydrogen) atoms. The Morgan fingerprint density at radius 1 is 0.682 bits per heavy atom. The van der Waals surface area contributed by atoms with Crippen LogP contribution >= 0.6 is 0 Å². The van der Waals surface area contributed by atoms with Crippen molar-refractivity contribution < 1.29 is 0 Å². The third kappa shape index (κ3) is 17.9. The van der Waals surface area contributed by atoms with Crippen LogP contribution in [-0.2, 0) is 0 Å². The van der Waals surface area contributed by atoms with Gasteiger partial charge in [0.15, 0.2) is 0 Å². The van der Waals surface area contributed by atoms with Gasteiger partial charge in [0.05, 0.1) is 0 Å². The third-order valence-corrected chi connectivity index (χ3v) is 4.33. The van der Waals surface area contributed by atoms with Crippen LogP contribution in [0.1, 0.15) is 72.6 Å². The van der Waals surface area contributed by atoms with Gasteiger partial charge in [0.25, 0.3) is 0 Å². The predicted molar refractivity (Wildman–Crippen MR) is 101 cm³/mol. The molecular weight excluding hydrogens is 272 g/mol. The highest BCUT2D eigenvalue weighted by atomic mass is 14.5. The van der Waals surface area contributed by atoms with Crippen molar-refractivity contribution in [1.29, 1.82) is 0 Å². The van der Waals surface area contributed by atoms with Gasteiger partial charge in [-0.15, -0.1) is 0 Å². The quantitative estimate of drug-likeness (QED) is 0.444. The molecule has 0 bridgehead atoms. The van der Waals surface area contributed by atoms with Crippen molar-refractivity contribution >= 4 is 0 Å². The zero-order valence-corrected chi connectivity index (χ0v) is 15.7. The molecule has 2 unspecified atom stereocenters. The lowest BCUT2D eigenvalue weighted by atomic mass is 9.83. The first-order valence-corrected chi connectivity index (χ1v) is 9.13. The molecule has 4 heteroatoms. The zero-order chi connectivity index (χ0) is 17.4. The van der Waals surface area contributed by atoms with Gasteiger partial charge in [-0.05, 0) is 82.0 Å². The first-order valence-electron chi connectivity index (χ1n) is 9.13. The van der Waals surface area contributed by atoms with Gasteiger partial charge in [0.1, 0.15) is 0 Å². The van der Waals surface area contributed by atoms with E-state index in [4.69, 9.17) is 22.9 Å². The maximum Gasteiger partial charge on any atom is -0.00515 e. The van der Waals surface area contributed by atoms with E-state index in [1.807, 2.05) is 0 Å². The van der Waals surface area contributed by atoms with Crippen molar-refractivity contribution in [1.82, 2.24) is 0 Å². The first-order chi connectivity index (χ1) is 10.3. The summed E-state index contributed by atoms with van der Waals surface area (Å²) in [5.74, 6) is 1.45. The topological polar surface area (TPSA) is 104 Å². The Kier molecular flexibility index (Phi) is 17.2. The Balaban J connectivity index is 0. The van der Waals surface area contributed by atoms with Crippen molar-refractivity contribution in [3.8, 4) is 0 Å². The molecule has 0 spiro atoms. The van der Waals surface area contributed by atoms with Crippen LogP contribution in [0.4, 0.5) is 0 Å². The summed E-state index contributed by atoms with van der Waals surface area (Å²) < 4.78 is 0. The van der Waals surface area contributed by atoms with Crippen LogP contribution in [0.3, 0.4) is 0 Å². The molecule has 0 radical (unpaired) electrons. The van der Waals surface area contributed by atoms with Gasteiger partial charge in [-0.2, -0.15) is 0 Å². The molecule has 0 saturated carbocycles. The van der Waals surface area contributed by atoms with Crippen LogP contribution in [0.15, 0.2) is 0 Å². The van der Waals surface area contributed by atoms with E-state index in [9.17, 15) is 0 Å². The molecule has 0 saturated heterocycles. The SMILES string of the molecule is CC(C)(CCCN)CCCN.CC(CN)CCC(C)CCN. The van der Waals surface area contributed by atoms with E-state index in [1.165, 1.54) is 25.7 Å². The second-order valence-corrected chi connectivity index (χ2v) is 7.55. The fourth-order valence-electron chi connectivity index (χ4n) is 2.40. The minimum Gasteiger partial charge on any atom is -0.330 e. The van der Waals surface area contributed by atoms with Crippen LogP contribution < -0.4 is 22.9 Å². The molecule has 0 aliphatic heterocycles. The average Bonchev–Trinajstić information content (AvgIpc) is 2.49. The minimum absolute atomic E-state index is 0.443. The van der Waals surface area contributed by atoms with Crippen LogP contribution in [0.5, 0.6) is 0 Å². The van der Waals surface area contributed by atoms with Gasteiger partial charge >= 0.3 is 0 Å². The van der Waals surface area contributed by atoms with Crippen molar-refractivity contribution in [3.05, 3.63) is 0 Å². The minimum atomic E-state index is 0.443. The summed E-state index contributed by atoms with van der Waals surface area (Å²) in [5.41, 5.74) is 22.3. The van der Waals surface area contributed by atoms with E-state index < -0.39 is 0 Å². The summed E-state index contributed by atoms with van der Waals surface area (Å²) in [4.78, 5) is 0. The molecular formula is C18H44N4. The van der Waals surface area contributed by atoms with Crippen LogP contribution in [0.25, 0.3) is 0 Å². The highest BCUT2D eigenvalue weighted by molar-refractivity contribution is 4.68. The summed E-state index contributed by atoms with van der Waals surface area (Å²) >= 11 is 0. The number of rotatable bonds is 12. The second-order valence-electron chi connectivity index (χ2n) is 7.55. The lowest BCUT2D eigenvalue weighted by Crippen LogP contribution is -2.15. The maximum atomic E-state index is 5.51. The number of hydrogen-bond acceptors (Lipinski definition) is 4. The summed E-state index contributed by atoms with van der Waals surface area (Å²) in [6, 6.07) is 0. The molecule has 2 atom stereocenters. The molecule has 0 aromatic carbocycles. The Bertz CT molecular complexity index is 209. The van der Waals surface area contributed by atoms with Gasteiger partial charge in [-0.1, -0.05) is 34.1 Å². The number of hydrogen-bond donors (Lipinski definition) is 4. The second kappa shape index (κ2) is 15.7. The van der Waals surface area contributed by atoms with Crippen molar-refractivity contribution in [3.63, 3.8) is 0 Å². The van der Waals surface area contributed by atoms with Gasteiger partial charge < -0.3 is 22.9 Å². The Morgan fingerprint density at radius 3 is 1.50 bits per heavy atom. The summed E-state index contributed by atoms with van der Waals surface area (Å²) in [6.07, 6.45) is 8.40. The molecule has 0 aliphatic rings. The lowest BCUT2D eigenvalue weighted by molar-refractivity contribution is 0.295.